The highest BCUT2D eigenvalue weighted by Gasteiger charge is 2.53. The SMILES string of the molecule is C#CC1=C(c2ccc(C)c(C)c2C#C)C(C)=C(c2ccccc2)C(C)(c2cc(C)cc(C)c2C#C)C1(C)C. The van der Waals surface area contributed by atoms with Gasteiger partial charge in [0, 0.05) is 27.5 Å². The van der Waals surface area contributed by atoms with Gasteiger partial charge in [-0.05, 0) is 84.7 Å². The first-order chi connectivity index (χ1) is 17.9. The van der Waals surface area contributed by atoms with Gasteiger partial charge in [0.1, 0.15) is 0 Å². The van der Waals surface area contributed by atoms with Crippen molar-refractivity contribution in [3.8, 4) is 37.0 Å². The number of benzene rings is 3. The second kappa shape index (κ2) is 9.60. The minimum absolute atomic E-state index is 0.488. The van der Waals surface area contributed by atoms with E-state index in [0.717, 1.165) is 55.7 Å². The monoisotopic (exact) mass is 492 g/mol. The van der Waals surface area contributed by atoms with Crippen molar-refractivity contribution in [2.24, 2.45) is 5.41 Å². The van der Waals surface area contributed by atoms with Crippen LogP contribution >= 0.6 is 0 Å². The average molecular weight is 493 g/mol. The molecule has 0 heterocycles. The first-order valence-electron chi connectivity index (χ1n) is 13.1. The van der Waals surface area contributed by atoms with Crippen molar-refractivity contribution in [2.45, 2.75) is 60.8 Å². The Morgan fingerprint density at radius 1 is 0.684 bits per heavy atom. The third-order valence-corrected chi connectivity index (χ3v) is 8.89. The Labute approximate surface area is 229 Å². The van der Waals surface area contributed by atoms with E-state index >= 15 is 0 Å². The van der Waals surface area contributed by atoms with Crippen molar-refractivity contribution >= 4 is 11.1 Å². The van der Waals surface area contributed by atoms with Gasteiger partial charge in [-0.2, -0.15) is 0 Å². The van der Waals surface area contributed by atoms with E-state index in [2.05, 4.69) is 128 Å². The number of rotatable bonds is 3. The normalized spacial score (nSPS) is 18.6. The zero-order chi connectivity index (χ0) is 28.0. The highest BCUT2D eigenvalue weighted by atomic mass is 14.5. The lowest BCUT2D eigenvalue weighted by atomic mass is 9.50. The van der Waals surface area contributed by atoms with E-state index in [4.69, 9.17) is 19.3 Å². The molecule has 0 aliphatic heterocycles. The third kappa shape index (κ3) is 3.75. The molecule has 4 rings (SSSR count). The van der Waals surface area contributed by atoms with Crippen LogP contribution in [0.5, 0.6) is 0 Å². The number of allylic oxidation sites excluding steroid dienone is 4. The molecule has 0 heteroatoms. The molecule has 0 spiro atoms. The maximum atomic E-state index is 6.42. The molecule has 0 amide bonds. The van der Waals surface area contributed by atoms with E-state index in [0.29, 0.717) is 0 Å². The van der Waals surface area contributed by atoms with Gasteiger partial charge in [0.15, 0.2) is 0 Å². The molecule has 188 valence electrons. The van der Waals surface area contributed by atoms with Crippen molar-refractivity contribution in [3.63, 3.8) is 0 Å². The lowest BCUT2D eigenvalue weighted by molar-refractivity contribution is 0.299. The summed E-state index contributed by atoms with van der Waals surface area (Å²) >= 11 is 0. The van der Waals surface area contributed by atoms with Crippen LogP contribution in [-0.4, -0.2) is 0 Å². The fourth-order valence-corrected chi connectivity index (χ4v) is 6.50. The van der Waals surface area contributed by atoms with Crippen molar-refractivity contribution < 1.29 is 0 Å². The van der Waals surface area contributed by atoms with E-state index in [1.54, 1.807) is 0 Å². The summed E-state index contributed by atoms with van der Waals surface area (Å²) in [5, 5.41) is 0. The molecule has 38 heavy (non-hydrogen) atoms. The van der Waals surface area contributed by atoms with Gasteiger partial charge in [-0.1, -0.05) is 98.7 Å². The van der Waals surface area contributed by atoms with Crippen LogP contribution in [0.4, 0.5) is 0 Å². The number of hydrogen-bond donors (Lipinski definition) is 0. The maximum Gasteiger partial charge on any atom is 0.0353 e. The first-order valence-corrected chi connectivity index (χ1v) is 13.1. The van der Waals surface area contributed by atoms with Crippen LogP contribution in [0.2, 0.25) is 0 Å². The van der Waals surface area contributed by atoms with Crippen molar-refractivity contribution in [2.75, 3.05) is 0 Å². The second-order valence-electron chi connectivity index (χ2n) is 11.2. The van der Waals surface area contributed by atoms with Gasteiger partial charge < -0.3 is 0 Å². The molecule has 1 aliphatic carbocycles. The first kappa shape index (κ1) is 26.9. The van der Waals surface area contributed by atoms with E-state index in [1.165, 1.54) is 16.7 Å². The number of hydrogen-bond acceptors (Lipinski definition) is 0. The molecule has 0 fully saturated rings. The van der Waals surface area contributed by atoms with Crippen molar-refractivity contribution in [1.29, 1.82) is 0 Å². The highest BCUT2D eigenvalue weighted by Crippen LogP contribution is 2.62. The smallest absolute Gasteiger partial charge is 0.0353 e. The largest absolute Gasteiger partial charge is 0.115 e. The molecule has 0 aromatic heterocycles. The molecular formula is C38H36. The fourth-order valence-electron chi connectivity index (χ4n) is 6.50. The zero-order valence-corrected chi connectivity index (χ0v) is 23.9. The van der Waals surface area contributed by atoms with E-state index < -0.39 is 10.8 Å². The van der Waals surface area contributed by atoms with Crippen LogP contribution in [0.1, 0.15) is 77.8 Å². The molecule has 1 aliphatic rings. The summed E-state index contributed by atoms with van der Waals surface area (Å²) in [7, 11) is 0. The molecule has 0 N–H and O–H groups in total. The zero-order valence-electron chi connectivity index (χ0n) is 23.9. The summed E-state index contributed by atoms with van der Waals surface area (Å²) < 4.78 is 0. The Kier molecular flexibility index (Phi) is 6.79. The van der Waals surface area contributed by atoms with E-state index in [-0.39, 0.29) is 0 Å². The van der Waals surface area contributed by atoms with Crippen molar-refractivity contribution in [3.05, 3.63) is 116 Å². The van der Waals surface area contributed by atoms with Gasteiger partial charge in [-0.25, -0.2) is 0 Å². The fraction of sp³-hybridized carbons (Fsp3) is 0.263. The van der Waals surface area contributed by atoms with Gasteiger partial charge in [-0.15, -0.1) is 19.3 Å². The summed E-state index contributed by atoms with van der Waals surface area (Å²) in [6.07, 6.45) is 18.7. The Hall–Kier alpha value is -4.18. The summed E-state index contributed by atoms with van der Waals surface area (Å²) in [6, 6.07) is 19.3. The topological polar surface area (TPSA) is 0 Å². The lowest BCUT2D eigenvalue weighted by Gasteiger charge is -2.52. The Balaban J connectivity index is 2.27. The minimum Gasteiger partial charge on any atom is -0.115 e. The Bertz CT molecular complexity index is 1650. The van der Waals surface area contributed by atoms with Gasteiger partial charge in [0.2, 0.25) is 0 Å². The predicted octanol–water partition coefficient (Wildman–Crippen LogP) is 8.74. The molecule has 1 unspecified atom stereocenters. The predicted molar refractivity (Wildman–Crippen MR) is 164 cm³/mol. The van der Waals surface area contributed by atoms with Crippen LogP contribution in [-0.2, 0) is 5.41 Å². The maximum absolute atomic E-state index is 6.42. The quantitative estimate of drug-likeness (QED) is 0.321. The van der Waals surface area contributed by atoms with Gasteiger partial charge >= 0.3 is 0 Å². The summed E-state index contributed by atoms with van der Waals surface area (Å²) in [5.41, 5.74) is 13.0. The second-order valence-corrected chi connectivity index (χ2v) is 11.2. The molecule has 0 saturated carbocycles. The highest BCUT2D eigenvalue weighted by molar-refractivity contribution is 6.00. The molecule has 1 atom stereocenters. The van der Waals surface area contributed by atoms with Crippen LogP contribution < -0.4 is 0 Å². The van der Waals surface area contributed by atoms with Crippen LogP contribution in [0.3, 0.4) is 0 Å². The van der Waals surface area contributed by atoms with Gasteiger partial charge in [0.05, 0.1) is 0 Å². The Morgan fingerprint density at radius 2 is 1.32 bits per heavy atom. The molecule has 3 aromatic rings. The Morgan fingerprint density at radius 3 is 1.89 bits per heavy atom. The molecule has 0 bridgehead atoms. The lowest BCUT2D eigenvalue weighted by Crippen LogP contribution is -2.45. The van der Waals surface area contributed by atoms with Gasteiger partial charge in [-0.3, -0.25) is 0 Å². The van der Waals surface area contributed by atoms with E-state index in [9.17, 15) is 0 Å². The van der Waals surface area contributed by atoms with Crippen LogP contribution in [0.15, 0.2) is 65.7 Å². The van der Waals surface area contributed by atoms with E-state index in [1.807, 2.05) is 0 Å². The minimum atomic E-state index is -0.516. The molecule has 0 nitrogen and oxygen atoms in total. The molecular weight excluding hydrogens is 456 g/mol. The van der Waals surface area contributed by atoms with Gasteiger partial charge in [0.25, 0.3) is 0 Å². The van der Waals surface area contributed by atoms with Crippen LogP contribution in [0, 0.1) is 70.1 Å². The molecule has 0 radical (unpaired) electrons. The molecule has 3 aromatic carbocycles. The number of aryl methyl sites for hydroxylation is 3. The van der Waals surface area contributed by atoms with Crippen molar-refractivity contribution in [1.82, 2.24) is 0 Å². The average Bonchev–Trinajstić information content (AvgIpc) is 2.88. The summed E-state index contributed by atoms with van der Waals surface area (Å²) in [4.78, 5) is 0. The standard InChI is InChI=1S/C38H36/c1-12-30-26(6)22-24(4)23-34(30)38(11)36(29-18-16-15-17-19-29)28(8)35(33(14-3)37(38,9)10)32-21-20-25(5)27(7)31(32)13-2/h1-3,15-23H,4-11H3. The summed E-state index contributed by atoms with van der Waals surface area (Å²) in [5.74, 6) is 9.16. The molecule has 0 saturated heterocycles. The van der Waals surface area contributed by atoms with Crippen LogP contribution in [0.25, 0.3) is 11.1 Å². The summed E-state index contributed by atoms with van der Waals surface area (Å²) in [6.45, 7) is 17.4. The third-order valence-electron chi connectivity index (χ3n) is 8.89. The number of terminal acetylenes is 3.